The molecule has 0 saturated heterocycles. The fourth-order valence-electron chi connectivity index (χ4n) is 5.30. The van der Waals surface area contributed by atoms with Gasteiger partial charge in [0.2, 0.25) is 5.69 Å². The van der Waals surface area contributed by atoms with E-state index in [-0.39, 0.29) is 5.41 Å². The van der Waals surface area contributed by atoms with Crippen molar-refractivity contribution in [3.05, 3.63) is 108 Å². The van der Waals surface area contributed by atoms with Crippen LogP contribution in [-0.4, -0.2) is 23.0 Å². The largest absolute Gasteiger partial charge is 0.261 e. The summed E-state index contributed by atoms with van der Waals surface area (Å²) in [5, 5.41) is 2.66. The van der Waals surface area contributed by atoms with Gasteiger partial charge in [-0.05, 0) is 54.8 Å². The summed E-state index contributed by atoms with van der Waals surface area (Å²) in [7, 11) is 0. The third-order valence-electron chi connectivity index (χ3n) is 6.71. The molecule has 0 aliphatic carbocycles. The van der Waals surface area contributed by atoms with Crippen molar-refractivity contribution in [2.24, 2.45) is 4.99 Å². The third kappa shape index (κ3) is 3.56. The lowest BCUT2D eigenvalue weighted by atomic mass is 9.72. The van der Waals surface area contributed by atoms with E-state index in [9.17, 15) is 0 Å². The van der Waals surface area contributed by atoms with Gasteiger partial charge in [-0.15, -0.1) is 0 Å². The van der Waals surface area contributed by atoms with E-state index in [2.05, 4.69) is 104 Å². The molecule has 1 atom stereocenters. The van der Waals surface area contributed by atoms with Gasteiger partial charge in [0.1, 0.15) is 6.54 Å². The number of hydrogen-bond acceptors (Lipinski definition) is 1. The van der Waals surface area contributed by atoms with Gasteiger partial charge in [0.05, 0.1) is 17.5 Å². The van der Waals surface area contributed by atoms with E-state index in [0.29, 0.717) is 0 Å². The predicted octanol–water partition coefficient (Wildman–Crippen LogP) is 7.25. The van der Waals surface area contributed by atoms with Crippen molar-refractivity contribution in [3.8, 4) is 0 Å². The normalized spacial score (nSPS) is 17.9. The zero-order valence-electron chi connectivity index (χ0n) is 18.8. The molecule has 4 aromatic carbocycles. The van der Waals surface area contributed by atoms with E-state index >= 15 is 0 Å². The van der Waals surface area contributed by atoms with Gasteiger partial charge in [0, 0.05) is 17.8 Å². The molecule has 0 fully saturated rings. The number of fused-ring (bicyclic) bond motifs is 3. The van der Waals surface area contributed by atoms with Crippen LogP contribution in [0.4, 0.5) is 11.4 Å². The van der Waals surface area contributed by atoms with Crippen LogP contribution in [0.25, 0.3) is 10.8 Å². The van der Waals surface area contributed by atoms with E-state index in [1.165, 1.54) is 33.3 Å². The van der Waals surface area contributed by atoms with Gasteiger partial charge in [-0.1, -0.05) is 72.8 Å². The van der Waals surface area contributed by atoms with Crippen LogP contribution >= 0.6 is 0 Å². The van der Waals surface area contributed by atoms with Crippen LogP contribution in [0.3, 0.4) is 0 Å². The molecule has 0 amide bonds. The van der Waals surface area contributed by atoms with Crippen LogP contribution in [0.5, 0.6) is 0 Å². The van der Waals surface area contributed by atoms with Crippen LogP contribution < -0.4 is 0 Å². The van der Waals surface area contributed by atoms with Crippen molar-refractivity contribution < 1.29 is 4.58 Å². The van der Waals surface area contributed by atoms with Crippen LogP contribution in [0, 0.1) is 0 Å². The second-order valence-electron chi connectivity index (χ2n) is 8.72. The monoisotopic (exact) mass is 417 g/mol. The lowest BCUT2D eigenvalue weighted by Crippen LogP contribution is -2.35. The molecule has 2 heteroatoms. The highest BCUT2D eigenvalue weighted by molar-refractivity contribution is 6.07. The molecular weight excluding hydrogens is 388 g/mol. The summed E-state index contributed by atoms with van der Waals surface area (Å²) >= 11 is 0. The standard InChI is InChI=1S/C30H29N2/c1-3-32-27-19-18-24-14-10-11-17-26(24)29(27)30(2,22-23-12-6-4-7-13-23)28(32)20-21-31-25-15-8-5-9-16-25/h4-19,21H,3,20,22H2,1-2H3/q+1. The van der Waals surface area contributed by atoms with Gasteiger partial charge < -0.3 is 0 Å². The molecule has 158 valence electrons. The highest BCUT2D eigenvalue weighted by Gasteiger charge is 2.48. The maximum Gasteiger partial charge on any atom is 0.210 e. The maximum atomic E-state index is 4.76. The van der Waals surface area contributed by atoms with Gasteiger partial charge in [0.25, 0.3) is 0 Å². The average Bonchev–Trinajstić information content (AvgIpc) is 3.08. The Balaban J connectivity index is 1.65. The summed E-state index contributed by atoms with van der Waals surface area (Å²) in [4.78, 5) is 4.76. The molecule has 1 aliphatic heterocycles. The Morgan fingerprint density at radius 3 is 2.25 bits per heavy atom. The highest BCUT2D eigenvalue weighted by atomic mass is 15.1. The summed E-state index contributed by atoms with van der Waals surface area (Å²) in [6.45, 7) is 5.62. The summed E-state index contributed by atoms with van der Waals surface area (Å²) in [5.74, 6) is 0. The average molecular weight is 418 g/mol. The topological polar surface area (TPSA) is 15.4 Å². The van der Waals surface area contributed by atoms with Crippen LogP contribution in [-0.2, 0) is 11.8 Å². The Morgan fingerprint density at radius 2 is 1.50 bits per heavy atom. The van der Waals surface area contributed by atoms with Crippen molar-refractivity contribution in [2.45, 2.75) is 32.1 Å². The Morgan fingerprint density at radius 1 is 0.812 bits per heavy atom. The number of rotatable bonds is 6. The van der Waals surface area contributed by atoms with Crippen molar-refractivity contribution in [1.29, 1.82) is 0 Å². The minimum Gasteiger partial charge on any atom is -0.261 e. The highest BCUT2D eigenvalue weighted by Crippen LogP contribution is 2.46. The SMILES string of the molecule is CC[N+]1=C(CC=Nc2ccccc2)C(C)(Cc2ccccc2)c2c1ccc1ccccc21. The van der Waals surface area contributed by atoms with Crippen LogP contribution in [0.1, 0.15) is 31.4 Å². The molecule has 1 aliphatic rings. The summed E-state index contributed by atoms with van der Waals surface area (Å²) in [5.41, 5.74) is 6.48. The van der Waals surface area contributed by atoms with E-state index in [1.807, 2.05) is 18.2 Å². The number of nitrogens with zero attached hydrogens (tertiary/aromatic N) is 2. The summed E-state index contributed by atoms with van der Waals surface area (Å²) in [6.07, 6.45) is 3.89. The van der Waals surface area contributed by atoms with Gasteiger partial charge in [0.15, 0.2) is 5.71 Å². The second-order valence-corrected chi connectivity index (χ2v) is 8.72. The fourth-order valence-corrected chi connectivity index (χ4v) is 5.30. The lowest BCUT2D eigenvalue weighted by Gasteiger charge is -2.25. The number of para-hydroxylation sites is 1. The van der Waals surface area contributed by atoms with Crippen molar-refractivity contribution >= 4 is 34.1 Å². The first kappa shape index (κ1) is 20.4. The first-order valence-corrected chi connectivity index (χ1v) is 11.5. The Kier molecular flexibility index (Phi) is 5.45. The first-order valence-electron chi connectivity index (χ1n) is 11.5. The van der Waals surface area contributed by atoms with Crippen LogP contribution in [0.2, 0.25) is 0 Å². The van der Waals surface area contributed by atoms with Crippen molar-refractivity contribution in [2.75, 3.05) is 6.54 Å². The number of benzene rings is 4. The molecule has 4 aromatic rings. The predicted molar refractivity (Wildman–Crippen MR) is 136 cm³/mol. The van der Waals surface area contributed by atoms with Crippen molar-refractivity contribution in [3.63, 3.8) is 0 Å². The fraction of sp³-hybridized carbons (Fsp3) is 0.200. The Bertz CT molecular complexity index is 1300. The van der Waals surface area contributed by atoms with Gasteiger partial charge in [-0.2, -0.15) is 4.58 Å². The zero-order valence-corrected chi connectivity index (χ0v) is 18.8. The Labute approximate surface area is 190 Å². The number of aliphatic imine (C=N–C) groups is 1. The van der Waals surface area contributed by atoms with E-state index in [0.717, 1.165) is 25.1 Å². The van der Waals surface area contributed by atoms with E-state index in [1.54, 1.807) is 0 Å². The summed E-state index contributed by atoms with van der Waals surface area (Å²) in [6, 6.07) is 34.5. The van der Waals surface area contributed by atoms with E-state index in [4.69, 9.17) is 4.99 Å². The quantitative estimate of drug-likeness (QED) is 0.232. The molecule has 32 heavy (non-hydrogen) atoms. The molecule has 1 heterocycles. The molecule has 0 N–H and O–H groups in total. The Hall–Kier alpha value is -3.52. The molecule has 5 rings (SSSR count). The molecule has 1 unspecified atom stereocenters. The smallest absolute Gasteiger partial charge is 0.210 e. The molecule has 0 bridgehead atoms. The van der Waals surface area contributed by atoms with Crippen molar-refractivity contribution in [1.82, 2.24) is 0 Å². The van der Waals surface area contributed by atoms with Crippen LogP contribution in [0.15, 0.2) is 102 Å². The van der Waals surface area contributed by atoms with E-state index < -0.39 is 0 Å². The molecule has 0 radical (unpaired) electrons. The molecule has 0 aromatic heterocycles. The third-order valence-corrected chi connectivity index (χ3v) is 6.71. The van der Waals surface area contributed by atoms with Gasteiger partial charge >= 0.3 is 0 Å². The van der Waals surface area contributed by atoms with Gasteiger partial charge in [-0.25, -0.2) is 0 Å². The zero-order chi connectivity index (χ0) is 22.0. The molecule has 0 spiro atoms. The minimum atomic E-state index is -0.101. The lowest BCUT2D eigenvalue weighted by molar-refractivity contribution is -0.434. The first-order chi connectivity index (χ1) is 15.7. The molecule has 2 nitrogen and oxygen atoms in total. The summed E-state index contributed by atoms with van der Waals surface area (Å²) < 4.78 is 2.52. The minimum absolute atomic E-state index is 0.101. The molecular formula is C30H29N2+. The van der Waals surface area contributed by atoms with Gasteiger partial charge in [-0.3, -0.25) is 4.99 Å². The molecule has 0 saturated carbocycles. The second kappa shape index (κ2) is 8.55. The maximum absolute atomic E-state index is 4.76. The number of hydrogen-bond donors (Lipinski definition) is 0.